The molecular formula is C11H11FO3. The SMILES string of the molecule is O=C(O)c1cc(F)cc(OCC2CC2)c1. The molecule has 0 spiro atoms. The van der Waals surface area contributed by atoms with E-state index in [1.807, 2.05) is 0 Å². The molecule has 0 unspecified atom stereocenters. The molecule has 0 bridgehead atoms. The number of carbonyl (C=O) groups is 1. The zero-order chi connectivity index (χ0) is 10.8. The molecule has 1 aliphatic carbocycles. The molecular weight excluding hydrogens is 199 g/mol. The normalized spacial score (nSPS) is 15.0. The number of halogens is 1. The molecule has 2 rings (SSSR count). The van der Waals surface area contributed by atoms with E-state index in [9.17, 15) is 9.18 Å². The van der Waals surface area contributed by atoms with Gasteiger partial charge in [-0.1, -0.05) is 0 Å². The van der Waals surface area contributed by atoms with Crippen molar-refractivity contribution in [3.63, 3.8) is 0 Å². The Bertz CT molecular complexity index is 385. The van der Waals surface area contributed by atoms with Gasteiger partial charge >= 0.3 is 5.97 Å². The average Bonchev–Trinajstić information content (AvgIpc) is 2.97. The topological polar surface area (TPSA) is 46.5 Å². The standard InChI is InChI=1S/C11H11FO3/c12-9-3-8(11(13)14)4-10(5-9)15-6-7-1-2-7/h3-5,7H,1-2,6H2,(H,13,14). The number of carboxylic acid groups (broad SMARTS) is 1. The van der Waals surface area contributed by atoms with Crippen LogP contribution in [0.5, 0.6) is 5.75 Å². The van der Waals surface area contributed by atoms with E-state index in [-0.39, 0.29) is 5.56 Å². The van der Waals surface area contributed by atoms with E-state index in [4.69, 9.17) is 9.84 Å². The fourth-order valence-corrected chi connectivity index (χ4v) is 1.27. The van der Waals surface area contributed by atoms with E-state index >= 15 is 0 Å². The van der Waals surface area contributed by atoms with Gasteiger partial charge in [0.1, 0.15) is 11.6 Å². The highest BCUT2D eigenvalue weighted by Crippen LogP contribution is 2.29. The van der Waals surface area contributed by atoms with Gasteiger partial charge in [0, 0.05) is 6.07 Å². The van der Waals surface area contributed by atoms with E-state index in [1.54, 1.807) is 0 Å². The van der Waals surface area contributed by atoms with Gasteiger partial charge in [0.2, 0.25) is 0 Å². The number of hydrogen-bond acceptors (Lipinski definition) is 2. The molecule has 15 heavy (non-hydrogen) atoms. The Hall–Kier alpha value is -1.58. The van der Waals surface area contributed by atoms with Crippen LogP contribution < -0.4 is 4.74 Å². The minimum atomic E-state index is -1.15. The Morgan fingerprint density at radius 2 is 2.20 bits per heavy atom. The molecule has 1 N–H and O–H groups in total. The number of ether oxygens (including phenoxy) is 1. The van der Waals surface area contributed by atoms with Crippen molar-refractivity contribution in [1.82, 2.24) is 0 Å². The predicted molar refractivity (Wildman–Crippen MR) is 51.6 cm³/mol. The van der Waals surface area contributed by atoms with Crippen LogP contribution in [0.15, 0.2) is 18.2 Å². The maximum Gasteiger partial charge on any atom is 0.335 e. The molecule has 1 aromatic carbocycles. The molecule has 0 amide bonds. The van der Waals surface area contributed by atoms with Crippen LogP contribution in [-0.2, 0) is 0 Å². The van der Waals surface area contributed by atoms with Crippen LogP contribution in [0.4, 0.5) is 4.39 Å². The molecule has 4 heteroatoms. The third-order valence-corrected chi connectivity index (χ3v) is 2.30. The van der Waals surface area contributed by atoms with E-state index in [0.29, 0.717) is 18.3 Å². The highest BCUT2D eigenvalue weighted by molar-refractivity contribution is 5.88. The van der Waals surface area contributed by atoms with Crippen LogP contribution in [0.25, 0.3) is 0 Å². The van der Waals surface area contributed by atoms with Gasteiger partial charge in [0.15, 0.2) is 0 Å². The summed E-state index contributed by atoms with van der Waals surface area (Å²) in [5, 5.41) is 8.70. The molecule has 0 heterocycles. The quantitative estimate of drug-likeness (QED) is 0.829. The summed E-state index contributed by atoms with van der Waals surface area (Å²) in [5.74, 6) is -0.882. The first-order chi connectivity index (χ1) is 7.15. The second-order valence-corrected chi connectivity index (χ2v) is 3.74. The van der Waals surface area contributed by atoms with Crippen molar-refractivity contribution in [3.8, 4) is 5.75 Å². The van der Waals surface area contributed by atoms with Gasteiger partial charge in [0.05, 0.1) is 12.2 Å². The summed E-state index contributed by atoms with van der Waals surface area (Å²) < 4.78 is 18.3. The smallest absolute Gasteiger partial charge is 0.335 e. The van der Waals surface area contributed by atoms with Crippen LogP contribution in [0.3, 0.4) is 0 Å². The molecule has 1 aliphatic rings. The number of benzene rings is 1. The molecule has 0 aliphatic heterocycles. The highest BCUT2D eigenvalue weighted by atomic mass is 19.1. The third kappa shape index (κ3) is 2.68. The molecule has 0 radical (unpaired) electrons. The van der Waals surface area contributed by atoms with Gasteiger partial charge in [-0.05, 0) is 30.9 Å². The highest BCUT2D eigenvalue weighted by Gasteiger charge is 2.22. The van der Waals surface area contributed by atoms with Crippen molar-refractivity contribution in [1.29, 1.82) is 0 Å². The Morgan fingerprint density at radius 3 is 2.80 bits per heavy atom. The first-order valence-electron chi connectivity index (χ1n) is 4.82. The van der Waals surface area contributed by atoms with Gasteiger partial charge in [-0.25, -0.2) is 9.18 Å². The molecule has 1 saturated carbocycles. The van der Waals surface area contributed by atoms with Gasteiger partial charge in [-0.15, -0.1) is 0 Å². The van der Waals surface area contributed by atoms with Crippen molar-refractivity contribution >= 4 is 5.97 Å². The summed E-state index contributed by atoms with van der Waals surface area (Å²) >= 11 is 0. The second kappa shape index (κ2) is 3.88. The van der Waals surface area contributed by atoms with Crippen LogP contribution in [-0.4, -0.2) is 17.7 Å². The average molecular weight is 210 g/mol. The number of rotatable bonds is 4. The Morgan fingerprint density at radius 1 is 1.47 bits per heavy atom. The van der Waals surface area contributed by atoms with Gasteiger partial charge in [0.25, 0.3) is 0 Å². The largest absolute Gasteiger partial charge is 0.493 e. The lowest BCUT2D eigenvalue weighted by Crippen LogP contribution is -2.02. The lowest BCUT2D eigenvalue weighted by atomic mass is 10.2. The zero-order valence-corrected chi connectivity index (χ0v) is 8.07. The maximum atomic E-state index is 13.0. The van der Waals surface area contributed by atoms with Crippen molar-refractivity contribution in [3.05, 3.63) is 29.6 Å². The van der Waals surface area contributed by atoms with Crippen LogP contribution in [0, 0.1) is 11.7 Å². The van der Waals surface area contributed by atoms with E-state index in [1.165, 1.54) is 12.1 Å². The van der Waals surface area contributed by atoms with Gasteiger partial charge in [-0.2, -0.15) is 0 Å². The summed E-state index contributed by atoms with van der Waals surface area (Å²) in [4.78, 5) is 10.6. The summed E-state index contributed by atoms with van der Waals surface area (Å²) in [6.45, 7) is 0.544. The summed E-state index contributed by atoms with van der Waals surface area (Å²) in [6, 6.07) is 3.52. The summed E-state index contributed by atoms with van der Waals surface area (Å²) in [5.41, 5.74) is -0.0826. The van der Waals surface area contributed by atoms with E-state index < -0.39 is 11.8 Å². The lowest BCUT2D eigenvalue weighted by molar-refractivity contribution is 0.0695. The van der Waals surface area contributed by atoms with Gasteiger partial charge < -0.3 is 9.84 Å². The maximum absolute atomic E-state index is 13.0. The number of aromatic carboxylic acids is 1. The molecule has 0 aromatic heterocycles. The van der Waals surface area contributed by atoms with Crippen molar-refractivity contribution in [2.45, 2.75) is 12.8 Å². The van der Waals surface area contributed by atoms with Crippen LogP contribution in [0.1, 0.15) is 23.2 Å². The molecule has 0 atom stereocenters. The molecule has 80 valence electrons. The summed E-state index contributed by atoms with van der Waals surface area (Å²) in [7, 11) is 0. The third-order valence-electron chi connectivity index (χ3n) is 2.30. The van der Waals surface area contributed by atoms with Crippen molar-refractivity contribution in [2.24, 2.45) is 5.92 Å². The minimum absolute atomic E-state index is 0.0826. The van der Waals surface area contributed by atoms with E-state index in [2.05, 4.69) is 0 Å². The number of hydrogen-bond donors (Lipinski definition) is 1. The molecule has 1 aromatic rings. The molecule has 1 fully saturated rings. The first-order valence-corrected chi connectivity index (χ1v) is 4.82. The van der Waals surface area contributed by atoms with Crippen molar-refractivity contribution in [2.75, 3.05) is 6.61 Å². The Balaban J connectivity index is 2.10. The minimum Gasteiger partial charge on any atom is -0.493 e. The van der Waals surface area contributed by atoms with E-state index in [0.717, 1.165) is 18.9 Å². The van der Waals surface area contributed by atoms with Crippen LogP contribution >= 0.6 is 0 Å². The monoisotopic (exact) mass is 210 g/mol. The van der Waals surface area contributed by atoms with Crippen LogP contribution in [0.2, 0.25) is 0 Å². The Kier molecular flexibility index (Phi) is 2.58. The fraction of sp³-hybridized carbons (Fsp3) is 0.364. The zero-order valence-electron chi connectivity index (χ0n) is 8.07. The predicted octanol–water partition coefficient (Wildman–Crippen LogP) is 2.31. The molecule has 3 nitrogen and oxygen atoms in total. The fourth-order valence-electron chi connectivity index (χ4n) is 1.27. The lowest BCUT2D eigenvalue weighted by Gasteiger charge is -2.06. The second-order valence-electron chi connectivity index (χ2n) is 3.74. The first kappa shape index (κ1) is 9.96. The summed E-state index contributed by atoms with van der Waals surface area (Å²) in [6.07, 6.45) is 2.28. The Labute approximate surface area is 86.5 Å². The molecule has 0 saturated heterocycles. The number of carboxylic acids is 1. The van der Waals surface area contributed by atoms with Gasteiger partial charge in [-0.3, -0.25) is 0 Å². The van der Waals surface area contributed by atoms with Crippen molar-refractivity contribution < 1.29 is 19.0 Å².